The lowest BCUT2D eigenvalue weighted by Gasteiger charge is -2.15. The van der Waals surface area contributed by atoms with Crippen LogP contribution in [0.4, 0.5) is 0 Å². The number of nitrogens with two attached hydrogens (primary N) is 1. The van der Waals surface area contributed by atoms with Gasteiger partial charge in [-0.15, -0.1) is 0 Å². The Bertz CT molecular complexity index is 669. The summed E-state index contributed by atoms with van der Waals surface area (Å²) in [6.45, 7) is 0. The van der Waals surface area contributed by atoms with E-state index in [0.29, 0.717) is 0 Å². The van der Waals surface area contributed by atoms with Crippen LogP contribution in [0.3, 0.4) is 0 Å². The zero-order valence-corrected chi connectivity index (χ0v) is 9.85. The summed E-state index contributed by atoms with van der Waals surface area (Å²) in [5, 5.41) is 8.43. The van der Waals surface area contributed by atoms with Gasteiger partial charge in [0, 0.05) is 31.2 Å². The van der Waals surface area contributed by atoms with E-state index in [1.165, 1.54) is 0 Å². The largest absolute Gasteiger partial charge is 0.271 e. The molecule has 0 fully saturated rings. The van der Waals surface area contributed by atoms with Gasteiger partial charge in [0.25, 0.3) is 0 Å². The molecule has 0 aliphatic heterocycles. The van der Waals surface area contributed by atoms with Crippen molar-refractivity contribution in [3.63, 3.8) is 0 Å². The van der Waals surface area contributed by atoms with Crippen LogP contribution in [0.25, 0.3) is 5.52 Å². The van der Waals surface area contributed by atoms with Crippen LogP contribution in [0.1, 0.15) is 17.3 Å². The second kappa shape index (κ2) is 4.21. The Morgan fingerprint density at radius 2 is 2.17 bits per heavy atom. The fourth-order valence-electron chi connectivity index (χ4n) is 2.08. The molecule has 3 aromatic rings. The van der Waals surface area contributed by atoms with Crippen molar-refractivity contribution in [3.8, 4) is 0 Å². The second-order valence-electron chi connectivity index (χ2n) is 3.99. The minimum absolute atomic E-state index is 0.167. The van der Waals surface area contributed by atoms with E-state index in [-0.39, 0.29) is 6.04 Å². The molecular formula is C11H13N7. The fraction of sp³-hybridized carbons (Fsp3) is 0.182. The summed E-state index contributed by atoms with van der Waals surface area (Å²) in [6, 6.07) is 1.75. The highest BCUT2D eigenvalue weighted by Crippen LogP contribution is 2.23. The van der Waals surface area contributed by atoms with E-state index in [9.17, 15) is 0 Å². The van der Waals surface area contributed by atoms with Crippen LogP contribution in [0, 0.1) is 0 Å². The SMILES string of the molecule is Cn1nccc1C(NN)c1cnn2ccncc12. The maximum Gasteiger partial charge on any atom is 0.0915 e. The summed E-state index contributed by atoms with van der Waals surface area (Å²) in [7, 11) is 1.88. The first-order valence-electron chi connectivity index (χ1n) is 5.52. The lowest BCUT2D eigenvalue weighted by molar-refractivity contribution is 0.577. The average molecular weight is 243 g/mol. The van der Waals surface area contributed by atoms with Crippen molar-refractivity contribution in [2.45, 2.75) is 6.04 Å². The summed E-state index contributed by atoms with van der Waals surface area (Å²) in [4.78, 5) is 4.11. The van der Waals surface area contributed by atoms with Gasteiger partial charge in [-0.2, -0.15) is 10.2 Å². The van der Waals surface area contributed by atoms with Crippen molar-refractivity contribution < 1.29 is 0 Å². The molecule has 0 aliphatic rings. The van der Waals surface area contributed by atoms with Crippen molar-refractivity contribution in [1.82, 2.24) is 29.8 Å². The van der Waals surface area contributed by atoms with E-state index in [1.807, 2.05) is 13.1 Å². The Morgan fingerprint density at radius 1 is 1.28 bits per heavy atom. The number of hydrazine groups is 1. The smallest absolute Gasteiger partial charge is 0.0915 e. The van der Waals surface area contributed by atoms with Crippen molar-refractivity contribution in [3.05, 3.63) is 48.3 Å². The minimum atomic E-state index is -0.167. The topological polar surface area (TPSA) is 86.1 Å². The van der Waals surface area contributed by atoms with Crippen LogP contribution in [0.2, 0.25) is 0 Å². The molecule has 3 rings (SSSR count). The molecule has 7 nitrogen and oxygen atoms in total. The van der Waals surface area contributed by atoms with E-state index in [4.69, 9.17) is 5.84 Å². The number of aromatic nitrogens is 5. The molecule has 0 aliphatic carbocycles. The Morgan fingerprint density at radius 3 is 2.89 bits per heavy atom. The van der Waals surface area contributed by atoms with Gasteiger partial charge in [-0.1, -0.05) is 0 Å². The lowest BCUT2D eigenvalue weighted by atomic mass is 10.1. The number of hydrogen-bond acceptors (Lipinski definition) is 5. The molecule has 92 valence electrons. The van der Waals surface area contributed by atoms with Crippen LogP contribution in [0.5, 0.6) is 0 Å². The third-order valence-corrected chi connectivity index (χ3v) is 2.99. The van der Waals surface area contributed by atoms with Gasteiger partial charge in [-0.05, 0) is 6.07 Å². The van der Waals surface area contributed by atoms with Crippen molar-refractivity contribution in [2.75, 3.05) is 0 Å². The third kappa shape index (κ3) is 1.57. The van der Waals surface area contributed by atoms with Gasteiger partial charge in [-0.25, -0.2) is 9.94 Å². The lowest BCUT2D eigenvalue weighted by Crippen LogP contribution is -2.30. The molecule has 0 amide bonds. The Balaban J connectivity index is 2.15. The number of rotatable bonds is 3. The summed E-state index contributed by atoms with van der Waals surface area (Å²) < 4.78 is 3.55. The van der Waals surface area contributed by atoms with Gasteiger partial charge in [0.05, 0.1) is 29.6 Å². The Labute approximate surface area is 103 Å². The predicted octanol–water partition coefficient (Wildman–Crippen LogP) is 0.0155. The highest BCUT2D eigenvalue weighted by Gasteiger charge is 2.19. The standard InChI is InChI=1S/C11H13N7/c1-17-9(2-3-14-17)11(16-12)8-6-15-18-5-4-13-7-10(8)18/h2-7,11,16H,12H2,1H3. The van der Waals surface area contributed by atoms with E-state index in [0.717, 1.165) is 16.8 Å². The highest BCUT2D eigenvalue weighted by atomic mass is 15.3. The zero-order valence-electron chi connectivity index (χ0n) is 9.85. The van der Waals surface area contributed by atoms with E-state index in [2.05, 4.69) is 20.6 Å². The summed E-state index contributed by atoms with van der Waals surface area (Å²) >= 11 is 0. The Kier molecular flexibility index (Phi) is 2.54. The molecule has 0 aromatic carbocycles. The van der Waals surface area contributed by atoms with Crippen LogP contribution in [-0.2, 0) is 7.05 Å². The second-order valence-corrected chi connectivity index (χ2v) is 3.99. The van der Waals surface area contributed by atoms with E-state index in [1.54, 1.807) is 40.2 Å². The van der Waals surface area contributed by atoms with Gasteiger partial charge < -0.3 is 0 Å². The molecule has 0 bridgehead atoms. The van der Waals surface area contributed by atoms with Crippen molar-refractivity contribution in [2.24, 2.45) is 12.9 Å². The Hall–Kier alpha value is -2.25. The van der Waals surface area contributed by atoms with E-state index >= 15 is 0 Å². The summed E-state index contributed by atoms with van der Waals surface area (Å²) in [5.74, 6) is 5.67. The normalized spacial score (nSPS) is 13.0. The monoisotopic (exact) mass is 243 g/mol. The molecule has 0 saturated carbocycles. The van der Waals surface area contributed by atoms with Gasteiger partial charge in [0.2, 0.25) is 0 Å². The fourth-order valence-corrected chi connectivity index (χ4v) is 2.08. The molecule has 3 N–H and O–H groups in total. The molecule has 0 spiro atoms. The summed E-state index contributed by atoms with van der Waals surface area (Å²) in [6.07, 6.45) is 8.79. The van der Waals surface area contributed by atoms with Gasteiger partial charge in [0.15, 0.2) is 0 Å². The molecule has 1 unspecified atom stereocenters. The predicted molar refractivity (Wildman–Crippen MR) is 65.4 cm³/mol. The van der Waals surface area contributed by atoms with Crippen LogP contribution in [0.15, 0.2) is 37.1 Å². The number of aryl methyl sites for hydroxylation is 1. The van der Waals surface area contributed by atoms with Crippen molar-refractivity contribution >= 4 is 5.52 Å². The number of hydrogen-bond donors (Lipinski definition) is 2. The molecular weight excluding hydrogens is 230 g/mol. The molecule has 18 heavy (non-hydrogen) atoms. The minimum Gasteiger partial charge on any atom is -0.271 e. The highest BCUT2D eigenvalue weighted by molar-refractivity contribution is 5.55. The van der Waals surface area contributed by atoms with Gasteiger partial charge in [-0.3, -0.25) is 15.5 Å². The number of fused-ring (bicyclic) bond motifs is 1. The van der Waals surface area contributed by atoms with E-state index < -0.39 is 0 Å². The first-order valence-corrected chi connectivity index (χ1v) is 5.52. The molecule has 3 aromatic heterocycles. The van der Waals surface area contributed by atoms with Gasteiger partial charge >= 0.3 is 0 Å². The molecule has 0 saturated heterocycles. The number of nitrogens with zero attached hydrogens (tertiary/aromatic N) is 5. The summed E-state index contributed by atoms with van der Waals surface area (Å²) in [5.41, 5.74) is 5.65. The first-order chi connectivity index (χ1) is 8.81. The van der Waals surface area contributed by atoms with Crippen LogP contribution >= 0.6 is 0 Å². The van der Waals surface area contributed by atoms with Crippen molar-refractivity contribution in [1.29, 1.82) is 0 Å². The number of nitrogens with one attached hydrogen (secondary N) is 1. The third-order valence-electron chi connectivity index (χ3n) is 2.99. The van der Waals surface area contributed by atoms with Crippen LogP contribution in [-0.4, -0.2) is 24.4 Å². The van der Waals surface area contributed by atoms with Crippen LogP contribution < -0.4 is 11.3 Å². The molecule has 0 radical (unpaired) electrons. The first kappa shape index (κ1) is 10.9. The maximum atomic E-state index is 5.67. The molecule has 1 atom stereocenters. The average Bonchev–Trinajstić information content (AvgIpc) is 2.99. The molecule has 3 heterocycles. The van der Waals surface area contributed by atoms with Gasteiger partial charge in [0.1, 0.15) is 0 Å². The zero-order chi connectivity index (χ0) is 12.5. The maximum absolute atomic E-state index is 5.67. The quantitative estimate of drug-likeness (QED) is 0.500. The molecule has 7 heteroatoms.